The Morgan fingerprint density at radius 2 is 2.06 bits per heavy atom. The summed E-state index contributed by atoms with van der Waals surface area (Å²) in [5.41, 5.74) is 4.52. The van der Waals surface area contributed by atoms with Crippen LogP contribution in [0.2, 0.25) is 0 Å². The van der Waals surface area contributed by atoms with E-state index in [4.69, 9.17) is 5.11 Å². The van der Waals surface area contributed by atoms with Gasteiger partial charge in [-0.1, -0.05) is 29.8 Å². The first-order valence-corrected chi connectivity index (χ1v) is 6.14. The maximum Gasteiger partial charge on any atom is 0.0695 e. The molecule has 0 aliphatic carbocycles. The lowest BCUT2D eigenvalue weighted by Crippen LogP contribution is -2.28. The number of aliphatic hydroxyl groups excluding tert-OH is 1. The van der Waals surface area contributed by atoms with Gasteiger partial charge in [-0.3, -0.25) is 5.10 Å². The van der Waals surface area contributed by atoms with Crippen molar-refractivity contribution in [2.24, 2.45) is 0 Å². The molecule has 4 nitrogen and oxygen atoms in total. The highest BCUT2D eigenvalue weighted by molar-refractivity contribution is 5.62. The smallest absolute Gasteiger partial charge is 0.0695 e. The molecule has 0 saturated carbocycles. The molecule has 0 amide bonds. The fourth-order valence-corrected chi connectivity index (χ4v) is 1.76. The van der Waals surface area contributed by atoms with E-state index in [2.05, 4.69) is 46.7 Å². The Bertz CT molecular complexity index is 490. The van der Waals surface area contributed by atoms with E-state index in [0.717, 1.165) is 16.8 Å². The van der Waals surface area contributed by atoms with Crippen molar-refractivity contribution >= 4 is 0 Å². The van der Waals surface area contributed by atoms with Crippen LogP contribution in [-0.2, 0) is 6.54 Å². The third-order valence-corrected chi connectivity index (χ3v) is 2.97. The van der Waals surface area contributed by atoms with Crippen molar-refractivity contribution in [2.45, 2.75) is 26.4 Å². The fourth-order valence-electron chi connectivity index (χ4n) is 1.76. The Labute approximate surface area is 107 Å². The maximum absolute atomic E-state index is 8.99. The second-order valence-electron chi connectivity index (χ2n) is 4.60. The first-order chi connectivity index (χ1) is 8.70. The Balaban J connectivity index is 2.14. The van der Waals surface area contributed by atoms with Crippen LogP contribution < -0.4 is 5.32 Å². The number of rotatable bonds is 5. The van der Waals surface area contributed by atoms with E-state index in [1.165, 1.54) is 5.56 Å². The van der Waals surface area contributed by atoms with Crippen molar-refractivity contribution in [1.29, 1.82) is 0 Å². The lowest BCUT2D eigenvalue weighted by Gasteiger charge is -2.10. The summed E-state index contributed by atoms with van der Waals surface area (Å²) >= 11 is 0. The van der Waals surface area contributed by atoms with Crippen molar-refractivity contribution in [2.75, 3.05) is 6.61 Å². The highest BCUT2D eigenvalue weighted by Crippen LogP contribution is 2.21. The lowest BCUT2D eigenvalue weighted by atomic mass is 10.1. The highest BCUT2D eigenvalue weighted by Gasteiger charge is 2.08. The molecular formula is C14H19N3O. The number of aliphatic hydroxyl groups is 1. The van der Waals surface area contributed by atoms with Crippen LogP contribution in [0, 0.1) is 6.92 Å². The summed E-state index contributed by atoms with van der Waals surface area (Å²) in [5.74, 6) is 0. The number of aromatic amines is 1. The Morgan fingerprint density at radius 1 is 1.33 bits per heavy atom. The van der Waals surface area contributed by atoms with Gasteiger partial charge in [-0.05, 0) is 19.4 Å². The molecular weight excluding hydrogens is 226 g/mol. The van der Waals surface area contributed by atoms with Gasteiger partial charge in [0.15, 0.2) is 0 Å². The molecule has 96 valence electrons. The quantitative estimate of drug-likeness (QED) is 0.753. The summed E-state index contributed by atoms with van der Waals surface area (Å²) in [4.78, 5) is 0. The maximum atomic E-state index is 8.99. The molecule has 2 aromatic rings. The van der Waals surface area contributed by atoms with Crippen molar-refractivity contribution in [3.63, 3.8) is 0 Å². The zero-order valence-corrected chi connectivity index (χ0v) is 10.8. The molecule has 4 heteroatoms. The first-order valence-electron chi connectivity index (χ1n) is 6.14. The van der Waals surface area contributed by atoms with Crippen molar-refractivity contribution in [1.82, 2.24) is 15.5 Å². The molecule has 1 aromatic heterocycles. The molecule has 0 unspecified atom stereocenters. The van der Waals surface area contributed by atoms with E-state index in [-0.39, 0.29) is 12.6 Å². The summed E-state index contributed by atoms with van der Waals surface area (Å²) in [7, 11) is 0. The minimum Gasteiger partial charge on any atom is -0.395 e. The zero-order chi connectivity index (χ0) is 13.0. The molecule has 1 aromatic carbocycles. The van der Waals surface area contributed by atoms with Gasteiger partial charge in [0.1, 0.15) is 0 Å². The van der Waals surface area contributed by atoms with Crippen LogP contribution in [0.4, 0.5) is 0 Å². The molecule has 0 saturated heterocycles. The number of aryl methyl sites for hydroxylation is 1. The molecule has 1 heterocycles. The number of hydrogen-bond acceptors (Lipinski definition) is 3. The molecule has 0 spiro atoms. The topological polar surface area (TPSA) is 60.9 Å². The second-order valence-corrected chi connectivity index (χ2v) is 4.60. The first kappa shape index (κ1) is 12.8. The molecule has 0 bridgehead atoms. The highest BCUT2D eigenvalue weighted by atomic mass is 16.3. The Kier molecular flexibility index (Phi) is 4.12. The summed E-state index contributed by atoms with van der Waals surface area (Å²) in [6.07, 6.45) is 1.83. The SMILES string of the molecule is Cc1ccc(-c2[nH]ncc2CN[C@@H](C)CO)cc1. The summed E-state index contributed by atoms with van der Waals surface area (Å²) < 4.78 is 0. The van der Waals surface area contributed by atoms with Gasteiger partial charge in [0.25, 0.3) is 0 Å². The van der Waals surface area contributed by atoms with Gasteiger partial charge in [0, 0.05) is 18.2 Å². The molecule has 0 aliphatic heterocycles. The van der Waals surface area contributed by atoms with Gasteiger partial charge in [-0.25, -0.2) is 0 Å². The molecule has 1 atom stereocenters. The largest absolute Gasteiger partial charge is 0.395 e. The number of benzene rings is 1. The number of nitrogens with one attached hydrogen (secondary N) is 2. The standard InChI is InChI=1S/C14H19N3O/c1-10-3-5-12(6-4-10)14-13(8-16-17-14)7-15-11(2)9-18/h3-6,8,11,15,18H,7,9H2,1-2H3,(H,16,17)/t11-/m0/s1. The third-order valence-electron chi connectivity index (χ3n) is 2.97. The minimum absolute atomic E-state index is 0.0887. The molecule has 18 heavy (non-hydrogen) atoms. The van der Waals surface area contributed by atoms with E-state index in [9.17, 15) is 0 Å². The van der Waals surface area contributed by atoms with Crippen LogP contribution in [0.5, 0.6) is 0 Å². The Hall–Kier alpha value is -1.65. The minimum atomic E-state index is 0.0887. The van der Waals surface area contributed by atoms with Crippen LogP contribution in [0.25, 0.3) is 11.3 Å². The van der Waals surface area contributed by atoms with Gasteiger partial charge in [-0.2, -0.15) is 5.10 Å². The normalized spacial score (nSPS) is 12.6. The number of aromatic nitrogens is 2. The van der Waals surface area contributed by atoms with E-state index < -0.39 is 0 Å². The average molecular weight is 245 g/mol. The van der Waals surface area contributed by atoms with Crippen molar-refractivity contribution in [3.8, 4) is 11.3 Å². The van der Waals surface area contributed by atoms with Gasteiger partial charge in [0.2, 0.25) is 0 Å². The predicted octanol–water partition coefficient (Wildman–Crippen LogP) is 1.86. The summed E-state index contributed by atoms with van der Waals surface area (Å²) in [6, 6.07) is 8.43. The van der Waals surface area contributed by atoms with Crippen LogP contribution in [0.1, 0.15) is 18.1 Å². The second kappa shape index (κ2) is 5.80. The van der Waals surface area contributed by atoms with E-state index in [1.54, 1.807) is 0 Å². The number of nitrogens with zero attached hydrogens (tertiary/aromatic N) is 1. The van der Waals surface area contributed by atoms with Gasteiger partial charge in [-0.15, -0.1) is 0 Å². The molecule has 0 fully saturated rings. The van der Waals surface area contributed by atoms with Crippen LogP contribution >= 0.6 is 0 Å². The number of hydrogen-bond donors (Lipinski definition) is 3. The fraction of sp³-hybridized carbons (Fsp3) is 0.357. The van der Waals surface area contributed by atoms with Gasteiger partial charge in [0.05, 0.1) is 18.5 Å². The lowest BCUT2D eigenvalue weighted by molar-refractivity contribution is 0.251. The van der Waals surface area contributed by atoms with Crippen molar-refractivity contribution < 1.29 is 5.11 Å². The van der Waals surface area contributed by atoms with Crippen LogP contribution in [0.3, 0.4) is 0 Å². The van der Waals surface area contributed by atoms with Crippen molar-refractivity contribution in [3.05, 3.63) is 41.6 Å². The third kappa shape index (κ3) is 2.97. The monoisotopic (exact) mass is 245 g/mol. The summed E-state index contributed by atoms with van der Waals surface area (Å²) in [5, 5.41) is 19.4. The molecule has 3 N–H and O–H groups in total. The molecule has 2 rings (SSSR count). The molecule has 0 aliphatic rings. The van der Waals surface area contributed by atoms with Crippen LogP contribution in [-0.4, -0.2) is 28.0 Å². The van der Waals surface area contributed by atoms with E-state index in [1.807, 2.05) is 13.1 Å². The Morgan fingerprint density at radius 3 is 2.72 bits per heavy atom. The molecule has 0 radical (unpaired) electrons. The van der Waals surface area contributed by atoms with Gasteiger partial charge >= 0.3 is 0 Å². The van der Waals surface area contributed by atoms with E-state index >= 15 is 0 Å². The zero-order valence-electron chi connectivity index (χ0n) is 10.8. The number of H-pyrrole nitrogens is 1. The van der Waals surface area contributed by atoms with Crippen LogP contribution in [0.15, 0.2) is 30.5 Å². The summed E-state index contributed by atoms with van der Waals surface area (Å²) in [6.45, 7) is 4.85. The van der Waals surface area contributed by atoms with E-state index in [0.29, 0.717) is 6.54 Å². The average Bonchev–Trinajstić information content (AvgIpc) is 2.85. The van der Waals surface area contributed by atoms with Gasteiger partial charge < -0.3 is 10.4 Å². The predicted molar refractivity (Wildman–Crippen MR) is 72.1 cm³/mol.